The largest absolute Gasteiger partial charge is 0.344 e. The van der Waals surface area contributed by atoms with Gasteiger partial charge >= 0.3 is 0 Å². The molecule has 0 saturated carbocycles. The van der Waals surface area contributed by atoms with Gasteiger partial charge in [0.1, 0.15) is 0 Å². The first-order valence-electron chi connectivity index (χ1n) is 18.6. The standard InChI is InChI=1S/C52H39N/c1-32-25-26-45-41-21-8-7-17-37(41)40-20-11-14-24-44(40)50-31-52(34(3)29-48(50)46(45)27-32)53(4)51-30-49-43-23-13-10-19-39(43)36-16-6-5-15-35(36)38-18-9-12-22-42(38)47(49)28-33(51)2/h5-31H,1-4H3. The molecular formula is C52H39N. The van der Waals surface area contributed by atoms with Crippen LogP contribution >= 0.6 is 0 Å². The molecule has 0 aromatic heterocycles. The van der Waals surface area contributed by atoms with E-state index in [1.54, 1.807) is 0 Å². The topological polar surface area (TPSA) is 3.24 Å². The van der Waals surface area contributed by atoms with E-state index in [4.69, 9.17) is 0 Å². The predicted octanol–water partition coefficient (Wildman–Crippen LogP) is 14.3. The minimum atomic E-state index is 1.20. The van der Waals surface area contributed by atoms with Crippen molar-refractivity contribution in [1.82, 2.24) is 0 Å². The third-order valence-corrected chi connectivity index (χ3v) is 11.5. The van der Waals surface area contributed by atoms with E-state index in [0.717, 1.165) is 0 Å². The molecule has 0 bridgehead atoms. The molecule has 0 N–H and O–H groups in total. The highest BCUT2D eigenvalue weighted by Gasteiger charge is 2.26. The van der Waals surface area contributed by atoms with E-state index in [2.05, 4.69) is 197 Å². The monoisotopic (exact) mass is 677 g/mol. The molecule has 0 amide bonds. The molecule has 0 aliphatic heterocycles. The van der Waals surface area contributed by atoms with Gasteiger partial charge in [0.15, 0.2) is 0 Å². The first-order valence-corrected chi connectivity index (χ1v) is 18.6. The van der Waals surface area contributed by atoms with E-state index in [9.17, 15) is 0 Å². The van der Waals surface area contributed by atoms with Crippen LogP contribution in [-0.4, -0.2) is 7.05 Å². The molecule has 0 spiro atoms. The zero-order valence-corrected chi connectivity index (χ0v) is 30.5. The number of fused-ring (bicyclic) bond motifs is 16. The number of nitrogens with zero attached hydrogens (tertiary/aromatic N) is 1. The highest BCUT2D eigenvalue weighted by Crippen LogP contribution is 2.52. The zero-order valence-electron chi connectivity index (χ0n) is 30.5. The Morgan fingerprint density at radius 2 is 0.509 bits per heavy atom. The lowest BCUT2D eigenvalue weighted by Gasteiger charge is -2.30. The van der Waals surface area contributed by atoms with E-state index < -0.39 is 0 Å². The van der Waals surface area contributed by atoms with Crippen molar-refractivity contribution >= 4 is 11.4 Å². The minimum absolute atomic E-state index is 1.20. The quantitative estimate of drug-likeness (QED) is 0.176. The van der Waals surface area contributed by atoms with Crippen LogP contribution in [0, 0.1) is 20.8 Å². The molecule has 1 nitrogen and oxygen atoms in total. The molecule has 0 radical (unpaired) electrons. The second-order valence-electron chi connectivity index (χ2n) is 14.7. The van der Waals surface area contributed by atoms with Crippen molar-refractivity contribution in [2.24, 2.45) is 0 Å². The van der Waals surface area contributed by atoms with E-state index in [0.29, 0.717) is 0 Å². The van der Waals surface area contributed by atoms with Crippen molar-refractivity contribution in [3.63, 3.8) is 0 Å². The third kappa shape index (κ3) is 4.85. The van der Waals surface area contributed by atoms with E-state index in [1.807, 2.05) is 0 Å². The summed E-state index contributed by atoms with van der Waals surface area (Å²) < 4.78 is 0. The molecule has 0 unspecified atom stereocenters. The van der Waals surface area contributed by atoms with Gasteiger partial charge in [0.25, 0.3) is 0 Å². The molecule has 0 fully saturated rings. The Hall–Kier alpha value is -6.44. The Kier molecular flexibility index (Phi) is 7.13. The smallest absolute Gasteiger partial charge is 0.0444 e. The number of rotatable bonds is 2. The average Bonchev–Trinajstić information content (AvgIpc) is 3.19. The summed E-state index contributed by atoms with van der Waals surface area (Å²) in [7, 11) is 2.24. The maximum atomic E-state index is 2.44. The van der Waals surface area contributed by atoms with E-state index >= 15 is 0 Å². The summed E-state index contributed by atoms with van der Waals surface area (Å²) in [5.41, 5.74) is 26.5. The Morgan fingerprint density at radius 1 is 0.264 bits per heavy atom. The SMILES string of the molecule is Cc1ccc2c(c1)-c1cc(C)c(N(C)c3cc4c(cc3C)-c3ccccc3-c3ccccc3-c3ccccc3-4)cc1-c1ccccc1-c1ccccc1-2. The van der Waals surface area contributed by atoms with Crippen molar-refractivity contribution in [3.05, 3.63) is 180 Å². The molecule has 10 rings (SSSR count). The maximum Gasteiger partial charge on any atom is 0.0444 e. The summed E-state index contributed by atoms with van der Waals surface area (Å²) in [5, 5.41) is 0. The van der Waals surface area contributed by atoms with Crippen LogP contribution in [0.25, 0.3) is 89.0 Å². The molecule has 0 saturated heterocycles. The lowest BCUT2D eigenvalue weighted by Crippen LogP contribution is -2.13. The minimum Gasteiger partial charge on any atom is -0.344 e. The third-order valence-electron chi connectivity index (χ3n) is 11.5. The van der Waals surface area contributed by atoms with Crippen LogP contribution in [0.2, 0.25) is 0 Å². The average molecular weight is 678 g/mol. The van der Waals surface area contributed by atoms with Crippen molar-refractivity contribution in [1.29, 1.82) is 0 Å². The summed E-state index contributed by atoms with van der Waals surface area (Å²) in [5.74, 6) is 0. The predicted molar refractivity (Wildman–Crippen MR) is 226 cm³/mol. The van der Waals surface area contributed by atoms with Gasteiger partial charge < -0.3 is 4.90 Å². The molecule has 252 valence electrons. The Morgan fingerprint density at radius 3 is 0.849 bits per heavy atom. The Balaban J connectivity index is 1.20. The van der Waals surface area contributed by atoms with Crippen LogP contribution in [-0.2, 0) is 0 Å². The van der Waals surface area contributed by atoms with Gasteiger partial charge in [-0.1, -0.05) is 145 Å². The molecule has 53 heavy (non-hydrogen) atoms. The highest BCUT2D eigenvalue weighted by atomic mass is 15.1. The van der Waals surface area contributed by atoms with Gasteiger partial charge in [-0.2, -0.15) is 0 Å². The molecule has 1 heteroatoms. The summed E-state index contributed by atoms with van der Waals surface area (Å²) in [6, 6.07) is 61.1. The van der Waals surface area contributed by atoms with Crippen LogP contribution in [0.3, 0.4) is 0 Å². The molecule has 0 atom stereocenters. The van der Waals surface area contributed by atoms with Gasteiger partial charge in [0.2, 0.25) is 0 Å². The van der Waals surface area contributed by atoms with Crippen LogP contribution in [0.4, 0.5) is 11.4 Å². The summed E-state index contributed by atoms with van der Waals surface area (Å²) in [6.07, 6.45) is 0. The van der Waals surface area contributed by atoms with Crippen molar-refractivity contribution in [3.8, 4) is 89.0 Å². The number of hydrogen-bond donors (Lipinski definition) is 0. The zero-order chi connectivity index (χ0) is 35.8. The van der Waals surface area contributed by atoms with Crippen LogP contribution < -0.4 is 4.90 Å². The fourth-order valence-corrected chi connectivity index (χ4v) is 9.02. The van der Waals surface area contributed by atoms with E-state index in [-0.39, 0.29) is 0 Å². The summed E-state index contributed by atoms with van der Waals surface area (Å²) >= 11 is 0. The summed E-state index contributed by atoms with van der Waals surface area (Å²) in [6.45, 7) is 6.74. The number of aryl methyl sites for hydroxylation is 3. The fraction of sp³-hybridized carbons (Fsp3) is 0.0769. The van der Waals surface area contributed by atoms with Crippen LogP contribution in [0.15, 0.2) is 164 Å². The fourth-order valence-electron chi connectivity index (χ4n) is 9.02. The molecule has 8 aromatic rings. The maximum absolute atomic E-state index is 2.44. The second-order valence-corrected chi connectivity index (χ2v) is 14.7. The Bertz CT molecular complexity index is 2780. The van der Waals surface area contributed by atoms with Crippen molar-refractivity contribution < 1.29 is 0 Å². The van der Waals surface area contributed by atoms with Crippen molar-refractivity contribution in [2.75, 3.05) is 11.9 Å². The van der Waals surface area contributed by atoms with Crippen LogP contribution in [0.1, 0.15) is 16.7 Å². The van der Waals surface area contributed by atoms with Gasteiger partial charge in [-0.05, 0) is 145 Å². The van der Waals surface area contributed by atoms with Crippen LogP contribution in [0.5, 0.6) is 0 Å². The summed E-state index contributed by atoms with van der Waals surface area (Å²) in [4.78, 5) is 2.42. The first kappa shape index (κ1) is 31.3. The Labute approximate surface area is 312 Å². The van der Waals surface area contributed by atoms with Gasteiger partial charge in [0, 0.05) is 18.4 Å². The lowest BCUT2D eigenvalue weighted by molar-refractivity contribution is 1.17. The molecule has 2 aliphatic rings. The van der Waals surface area contributed by atoms with Gasteiger partial charge in [-0.15, -0.1) is 0 Å². The lowest BCUT2D eigenvalue weighted by atomic mass is 9.79. The number of anilines is 2. The van der Waals surface area contributed by atoms with Gasteiger partial charge in [-0.3, -0.25) is 0 Å². The molecule has 8 aromatic carbocycles. The molecular weight excluding hydrogens is 639 g/mol. The number of hydrogen-bond acceptors (Lipinski definition) is 1. The van der Waals surface area contributed by atoms with Crippen molar-refractivity contribution in [2.45, 2.75) is 20.8 Å². The van der Waals surface area contributed by atoms with E-state index in [1.165, 1.54) is 117 Å². The normalized spacial score (nSPS) is 11.8. The first-order chi connectivity index (χ1) is 26.0. The molecule has 0 heterocycles. The number of benzene rings is 8. The molecule has 2 aliphatic carbocycles. The highest BCUT2D eigenvalue weighted by molar-refractivity contribution is 6.06. The van der Waals surface area contributed by atoms with Gasteiger partial charge in [-0.25, -0.2) is 0 Å². The second kappa shape index (κ2) is 12.1. The van der Waals surface area contributed by atoms with Gasteiger partial charge in [0.05, 0.1) is 0 Å².